The topological polar surface area (TPSA) is 72.0 Å². The minimum atomic E-state index is 0.0630. The van der Waals surface area contributed by atoms with Gasteiger partial charge in [0.15, 0.2) is 0 Å². The molecule has 3 N–H and O–H groups in total. The second-order valence-corrected chi connectivity index (χ2v) is 5.59. The van der Waals surface area contributed by atoms with E-state index in [2.05, 4.69) is 4.98 Å². The quantitative estimate of drug-likeness (QED) is 0.647. The summed E-state index contributed by atoms with van der Waals surface area (Å²) in [6.07, 6.45) is 9.41. The minimum absolute atomic E-state index is 0.0630. The fraction of sp³-hybridized carbons (Fsp3) is 0.600. The lowest BCUT2D eigenvalue weighted by atomic mass is 9.98. The van der Waals surface area contributed by atoms with Crippen LogP contribution in [0.15, 0.2) is 6.07 Å². The van der Waals surface area contributed by atoms with Crippen LogP contribution in [0, 0.1) is 5.41 Å². The zero-order valence-corrected chi connectivity index (χ0v) is 11.2. The SMILES string of the molecule is N=C(N)c1cc2c(nc1OC1CCCCC1)CCC2. The molecule has 102 valence electrons. The Kier molecular flexibility index (Phi) is 3.40. The number of hydrogen-bond donors (Lipinski definition) is 2. The molecule has 1 fully saturated rings. The standard InChI is InChI=1S/C15H21N3O/c16-14(17)12-9-10-5-4-8-13(10)18-15(12)19-11-6-2-1-3-7-11/h9,11H,1-8H2,(H3,16,17). The fourth-order valence-corrected chi connectivity index (χ4v) is 3.08. The van der Waals surface area contributed by atoms with Crippen molar-refractivity contribution in [2.24, 2.45) is 5.73 Å². The normalized spacial score (nSPS) is 19.2. The number of nitrogens with zero attached hydrogens (tertiary/aromatic N) is 1. The molecule has 0 bridgehead atoms. The second kappa shape index (κ2) is 5.19. The van der Waals surface area contributed by atoms with Crippen molar-refractivity contribution in [2.45, 2.75) is 57.5 Å². The number of aromatic nitrogens is 1. The maximum atomic E-state index is 7.71. The molecule has 0 atom stereocenters. The summed E-state index contributed by atoms with van der Waals surface area (Å²) in [5, 5.41) is 7.71. The van der Waals surface area contributed by atoms with Gasteiger partial charge in [-0.05, 0) is 56.6 Å². The number of amidine groups is 1. The van der Waals surface area contributed by atoms with Crippen molar-refractivity contribution in [3.63, 3.8) is 0 Å². The predicted molar refractivity (Wildman–Crippen MR) is 74.8 cm³/mol. The molecule has 0 aromatic carbocycles. The molecule has 1 aromatic heterocycles. The average Bonchev–Trinajstić information content (AvgIpc) is 2.86. The number of pyridine rings is 1. The summed E-state index contributed by atoms with van der Waals surface area (Å²) in [5.74, 6) is 0.646. The lowest BCUT2D eigenvalue weighted by Crippen LogP contribution is -2.23. The highest BCUT2D eigenvalue weighted by Gasteiger charge is 2.22. The number of nitrogen functional groups attached to an aromatic ring is 1. The lowest BCUT2D eigenvalue weighted by Gasteiger charge is -2.23. The van der Waals surface area contributed by atoms with Crippen LogP contribution in [0.25, 0.3) is 0 Å². The Morgan fingerprint density at radius 2 is 2.00 bits per heavy atom. The van der Waals surface area contributed by atoms with Gasteiger partial charge in [-0.3, -0.25) is 5.41 Å². The monoisotopic (exact) mass is 259 g/mol. The molecule has 0 radical (unpaired) electrons. The van der Waals surface area contributed by atoms with Crippen LogP contribution in [0.3, 0.4) is 0 Å². The zero-order chi connectivity index (χ0) is 13.2. The maximum Gasteiger partial charge on any atom is 0.225 e. The van der Waals surface area contributed by atoms with Crippen LogP contribution in [-0.2, 0) is 12.8 Å². The molecule has 0 saturated heterocycles. The number of ether oxygens (including phenoxy) is 1. The Labute approximate surface area is 113 Å². The van der Waals surface area contributed by atoms with Gasteiger partial charge in [0.25, 0.3) is 0 Å². The van der Waals surface area contributed by atoms with Crippen LogP contribution >= 0.6 is 0 Å². The summed E-state index contributed by atoms with van der Waals surface area (Å²) in [6.45, 7) is 0. The third-order valence-corrected chi connectivity index (χ3v) is 4.14. The molecule has 19 heavy (non-hydrogen) atoms. The van der Waals surface area contributed by atoms with E-state index in [1.165, 1.54) is 24.8 Å². The van der Waals surface area contributed by atoms with Gasteiger partial charge in [-0.1, -0.05) is 6.42 Å². The van der Waals surface area contributed by atoms with Crippen LogP contribution in [0.5, 0.6) is 5.88 Å². The molecule has 2 aliphatic carbocycles. The van der Waals surface area contributed by atoms with E-state index in [0.29, 0.717) is 11.4 Å². The first-order valence-corrected chi connectivity index (χ1v) is 7.28. The van der Waals surface area contributed by atoms with E-state index in [-0.39, 0.29) is 11.9 Å². The van der Waals surface area contributed by atoms with Crippen molar-refractivity contribution in [2.75, 3.05) is 0 Å². The molecule has 0 aliphatic heterocycles. The summed E-state index contributed by atoms with van der Waals surface area (Å²) in [4.78, 5) is 4.63. The van der Waals surface area contributed by atoms with Crippen molar-refractivity contribution in [3.05, 3.63) is 22.9 Å². The summed E-state index contributed by atoms with van der Waals surface area (Å²) in [6, 6.07) is 2.01. The Morgan fingerprint density at radius 1 is 1.21 bits per heavy atom. The van der Waals surface area contributed by atoms with Crippen molar-refractivity contribution >= 4 is 5.84 Å². The van der Waals surface area contributed by atoms with E-state index < -0.39 is 0 Å². The predicted octanol–water partition coefficient (Wildman–Crippen LogP) is 2.57. The van der Waals surface area contributed by atoms with Crippen LogP contribution in [0.4, 0.5) is 0 Å². The van der Waals surface area contributed by atoms with E-state index in [9.17, 15) is 0 Å². The average molecular weight is 259 g/mol. The van der Waals surface area contributed by atoms with Crippen molar-refractivity contribution in [1.82, 2.24) is 4.98 Å². The van der Waals surface area contributed by atoms with E-state index in [1.54, 1.807) is 0 Å². The van der Waals surface area contributed by atoms with Gasteiger partial charge in [-0.15, -0.1) is 0 Å². The number of fused-ring (bicyclic) bond motifs is 1. The van der Waals surface area contributed by atoms with E-state index in [4.69, 9.17) is 15.9 Å². The number of nitrogens with two attached hydrogens (primary N) is 1. The van der Waals surface area contributed by atoms with Gasteiger partial charge in [-0.2, -0.15) is 0 Å². The highest BCUT2D eigenvalue weighted by atomic mass is 16.5. The van der Waals surface area contributed by atoms with Gasteiger partial charge >= 0.3 is 0 Å². The van der Waals surface area contributed by atoms with Gasteiger partial charge in [0.05, 0.1) is 5.56 Å². The molecular formula is C15H21N3O. The Bertz CT molecular complexity index is 492. The number of hydrogen-bond acceptors (Lipinski definition) is 3. The first-order chi connectivity index (χ1) is 9.24. The number of nitrogens with one attached hydrogen (secondary N) is 1. The highest BCUT2D eigenvalue weighted by molar-refractivity contribution is 5.97. The maximum absolute atomic E-state index is 7.71. The molecular weight excluding hydrogens is 238 g/mol. The molecule has 1 aromatic rings. The minimum Gasteiger partial charge on any atom is -0.474 e. The smallest absolute Gasteiger partial charge is 0.225 e. The third kappa shape index (κ3) is 2.57. The fourth-order valence-electron chi connectivity index (χ4n) is 3.08. The van der Waals surface area contributed by atoms with E-state index in [1.807, 2.05) is 6.07 Å². The largest absolute Gasteiger partial charge is 0.474 e. The third-order valence-electron chi connectivity index (χ3n) is 4.14. The molecule has 1 heterocycles. The first-order valence-electron chi connectivity index (χ1n) is 7.28. The van der Waals surface area contributed by atoms with Gasteiger partial charge in [0.2, 0.25) is 5.88 Å². The Morgan fingerprint density at radius 3 is 2.74 bits per heavy atom. The summed E-state index contributed by atoms with van der Waals surface area (Å²) in [7, 11) is 0. The summed E-state index contributed by atoms with van der Waals surface area (Å²) < 4.78 is 6.04. The number of aryl methyl sites for hydroxylation is 2. The molecule has 0 unspecified atom stereocenters. The lowest BCUT2D eigenvalue weighted by molar-refractivity contribution is 0.148. The van der Waals surface area contributed by atoms with Crippen molar-refractivity contribution in [3.8, 4) is 5.88 Å². The molecule has 3 rings (SSSR count). The van der Waals surface area contributed by atoms with Crippen LogP contribution in [-0.4, -0.2) is 16.9 Å². The van der Waals surface area contributed by atoms with Crippen LogP contribution in [0.2, 0.25) is 0 Å². The Balaban J connectivity index is 1.87. The Hall–Kier alpha value is -1.58. The van der Waals surface area contributed by atoms with E-state index in [0.717, 1.165) is 37.8 Å². The second-order valence-electron chi connectivity index (χ2n) is 5.59. The van der Waals surface area contributed by atoms with E-state index >= 15 is 0 Å². The highest BCUT2D eigenvalue weighted by Crippen LogP contribution is 2.29. The first kappa shape index (κ1) is 12.5. The summed E-state index contributed by atoms with van der Waals surface area (Å²) in [5.41, 5.74) is 8.72. The number of rotatable bonds is 3. The molecule has 4 heteroatoms. The molecule has 1 saturated carbocycles. The van der Waals surface area contributed by atoms with Gasteiger partial charge < -0.3 is 10.5 Å². The van der Waals surface area contributed by atoms with Crippen LogP contribution < -0.4 is 10.5 Å². The molecule has 0 spiro atoms. The van der Waals surface area contributed by atoms with Gasteiger partial charge in [-0.25, -0.2) is 4.98 Å². The summed E-state index contributed by atoms with van der Waals surface area (Å²) >= 11 is 0. The van der Waals surface area contributed by atoms with Crippen LogP contribution in [0.1, 0.15) is 55.3 Å². The zero-order valence-electron chi connectivity index (χ0n) is 11.2. The van der Waals surface area contributed by atoms with Crippen molar-refractivity contribution in [1.29, 1.82) is 5.41 Å². The van der Waals surface area contributed by atoms with Crippen molar-refractivity contribution < 1.29 is 4.74 Å². The molecule has 2 aliphatic rings. The van der Waals surface area contributed by atoms with Gasteiger partial charge in [0, 0.05) is 5.69 Å². The molecule has 0 amide bonds. The molecule has 4 nitrogen and oxygen atoms in total. The van der Waals surface area contributed by atoms with Gasteiger partial charge in [0.1, 0.15) is 11.9 Å².